The van der Waals surface area contributed by atoms with Gasteiger partial charge in [0.05, 0.1) is 6.21 Å². The van der Waals surface area contributed by atoms with Gasteiger partial charge in [-0.25, -0.2) is 0 Å². The Hall–Kier alpha value is -1.67. The molecule has 0 fully saturated rings. The standard InChI is InChI=1S/C15H27N5O2S/c1-4-7-9-20-14(22)12(13(21)18-15(20)23)11-17-16-8-10-19(5-2)6-3/h11,16,22H,4-10H2,1-3H3,(H,18,21,23). The second-order valence-corrected chi connectivity index (χ2v) is 5.58. The largest absolute Gasteiger partial charge is 0.494 e. The molecule has 0 aliphatic heterocycles. The van der Waals surface area contributed by atoms with Crippen LogP contribution in [0.2, 0.25) is 0 Å². The fourth-order valence-corrected chi connectivity index (χ4v) is 2.41. The van der Waals surface area contributed by atoms with E-state index in [1.165, 1.54) is 10.8 Å². The molecule has 3 N–H and O–H groups in total. The van der Waals surface area contributed by atoms with Crippen molar-refractivity contribution in [1.29, 1.82) is 0 Å². The lowest BCUT2D eigenvalue weighted by molar-refractivity contribution is 0.303. The van der Waals surface area contributed by atoms with Crippen molar-refractivity contribution in [3.63, 3.8) is 0 Å². The minimum absolute atomic E-state index is 0.116. The van der Waals surface area contributed by atoms with Gasteiger partial charge in [-0.2, -0.15) is 5.10 Å². The Kier molecular flexibility index (Phi) is 8.57. The van der Waals surface area contributed by atoms with Crippen molar-refractivity contribution in [3.8, 4) is 5.88 Å². The smallest absolute Gasteiger partial charge is 0.264 e. The summed E-state index contributed by atoms with van der Waals surface area (Å²) in [6.07, 6.45) is 3.18. The predicted octanol–water partition coefficient (Wildman–Crippen LogP) is 1.68. The van der Waals surface area contributed by atoms with Crippen molar-refractivity contribution in [2.75, 3.05) is 26.2 Å². The molecule has 130 valence electrons. The summed E-state index contributed by atoms with van der Waals surface area (Å²) in [5.74, 6) is -0.138. The van der Waals surface area contributed by atoms with Gasteiger partial charge in [-0.3, -0.25) is 14.3 Å². The van der Waals surface area contributed by atoms with Crippen molar-refractivity contribution in [2.24, 2.45) is 5.10 Å². The van der Waals surface area contributed by atoms with Crippen molar-refractivity contribution >= 4 is 18.4 Å². The topological polar surface area (TPSA) is 85.7 Å². The number of likely N-dealkylation sites (N-methyl/N-ethyl adjacent to an activating group) is 1. The molecule has 0 saturated heterocycles. The zero-order valence-electron chi connectivity index (χ0n) is 14.1. The molecular weight excluding hydrogens is 314 g/mol. The summed E-state index contributed by atoms with van der Waals surface area (Å²) in [7, 11) is 0. The molecular formula is C15H27N5O2S. The van der Waals surface area contributed by atoms with Gasteiger partial charge in [0.1, 0.15) is 5.56 Å². The lowest BCUT2D eigenvalue weighted by atomic mass is 10.3. The maximum absolute atomic E-state index is 11.9. The van der Waals surface area contributed by atoms with E-state index in [1.54, 1.807) is 0 Å². The second kappa shape index (κ2) is 10.2. The Morgan fingerprint density at radius 1 is 1.39 bits per heavy atom. The van der Waals surface area contributed by atoms with E-state index in [9.17, 15) is 9.90 Å². The van der Waals surface area contributed by atoms with Gasteiger partial charge < -0.3 is 15.4 Å². The van der Waals surface area contributed by atoms with Gasteiger partial charge in [-0.15, -0.1) is 0 Å². The number of aromatic amines is 1. The first kappa shape index (κ1) is 19.4. The first-order chi connectivity index (χ1) is 11.0. The first-order valence-electron chi connectivity index (χ1n) is 8.09. The summed E-state index contributed by atoms with van der Waals surface area (Å²) in [5.41, 5.74) is 2.57. The van der Waals surface area contributed by atoms with Crippen molar-refractivity contribution in [3.05, 3.63) is 20.7 Å². The third kappa shape index (κ3) is 5.80. The van der Waals surface area contributed by atoms with Crippen molar-refractivity contribution in [1.82, 2.24) is 19.9 Å². The molecule has 0 aromatic carbocycles. The Labute approximate surface area is 142 Å². The highest BCUT2D eigenvalue weighted by Crippen LogP contribution is 2.12. The summed E-state index contributed by atoms with van der Waals surface area (Å²) in [5, 5.41) is 14.3. The second-order valence-electron chi connectivity index (χ2n) is 5.19. The molecule has 0 spiro atoms. The summed E-state index contributed by atoms with van der Waals surface area (Å²) >= 11 is 5.09. The quantitative estimate of drug-likeness (QED) is 0.261. The molecule has 0 atom stereocenters. The van der Waals surface area contributed by atoms with E-state index < -0.39 is 5.56 Å². The van der Waals surface area contributed by atoms with E-state index in [0.717, 1.165) is 32.5 Å². The number of rotatable bonds is 10. The van der Waals surface area contributed by atoms with Crippen LogP contribution in [-0.2, 0) is 6.54 Å². The predicted molar refractivity (Wildman–Crippen MR) is 95.8 cm³/mol. The first-order valence-corrected chi connectivity index (χ1v) is 8.50. The maximum atomic E-state index is 11.9. The van der Waals surface area contributed by atoms with E-state index in [-0.39, 0.29) is 16.2 Å². The zero-order chi connectivity index (χ0) is 17.2. The average molecular weight is 341 g/mol. The van der Waals surface area contributed by atoms with Crippen LogP contribution in [0.4, 0.5) is 0 Å². The third-order valence-corrected chi connectivity index (χ3v) is 3.98. The highest BCUT2D eigenvalue weighted by atomic mass is 32.1. The molecule has 7 nitrogen and oxygen atoms in total. The van der Waals surface area contributed by atoms with E-state index in [4.69, 9.17) is 12.2 Å². The molecule has 0 aliphatic rings. The van der Waals surface area contributed by atoms with Gasteiger partial charge in [0.25, 0.3) is 5.56 Å². The molecule has 0 unspecified atom stereocenters. The summed E-state index contributed by atoms with van der Waals surface area (Å²) < 4.78 is 1.75. The Morgan fingerprint density at radius 3 is 2.70 bits per heavy atom. The summed E-state index contributed by atoms with van der Waals surface area (Å²) in [4.78, 5) is 16.8. The summed E-state index contributed by atoms with van der Waals surface area (Å²) in [6.45, 7) is 10.3. The van der Waals surface area contributed by atoms with Crippen LogP contribution in [0.25, 0.3) is 0 Å². The van der Waals surface area contributed by atoms with Crippen LogP contribution >= 0.6 is 12.2 Å². The Balaban J connectivity index is 2.78. The van der Waals surface area contributed by atoms with Gasteiger partial charge in [0.15, 0.2) is 4.77 Å². The third-order valence-electron chi connectivity index (χ3n) is 3.66. The summed E-state index contributed by atoms with van der Waals surface area (Å²) in [6, 6.07) is 0. The number of aromatic hydroxyl groups is 1. The lowest BCUT2D eigenvalue weighted by Gasteiger charge is -2.17. The number of nitrogens with zero attached hydrogens (tertiary/aromatic N) is 3. The van der Waals surface area contributed by atoms with Crippen LogP contribution in [0.15, 0.2) is 9.90 Å². The maximum Gasteiger partial charge on any atom is 0.264 e. The van der Waals surface area contributed by atoms with Crippen molar-refractivity contribution in [2.45, 2.75) is 40.2 Å². The number of hydrogen-bond acceptors (Lipinski definition) is 6. The number of unbranched alkanes of at least 4 members (excludes halogenated alkanes) is 1. The van der Waals surface area contributed by atoms with Gasteiger partial charge in [0, 0.05) is 19.6 Å². The molecule has 1 rings (SSSR count). The SMILES string of the molecule is CCCCn1c(O)c(C=NNCCN(CC)CC)c(=O)[nH]c1=S. The van der Waals surface area contributed by atoms with Crippen LogP contribution < -0.4 is 11.0 Å². The molecule has 23 heavy (non-hydrogen) atoms. The molecule has 1 heterocycles. The van der Waals surface area contributed by atoms with Crippen LogP contribution in [0.5, 0.6) is 5.88 Å². The van der Waals surface area contributed by atoms with Gasteiger partial charge in [-0.05, 0) is 31.7 Å². The van der Waals surface area contributed by atoms with E-state index >= 15 is 0 Å². The fraction of sp³-hybridized carbons (Fsp3) is 0.667. The molecule has 0 saturated carbocycles. The number of aromatic nitrogens is 2. The minimum atomic E-state index is -0.436. The van der Waals surface area contributed by atoms with Crippen LogP contribution in [0.1, 0.15) is 39.2 Å². The zero-order valence-corrected chi connectivity index (χ0v) is 14.9. The number of hydrazone groups is 1. The molecule has 1 aromatic rings. The van der Waals surface area contributed by atoms with E-state index in [1.807, 2.05) is 0 Å². The number of hydrogen-bond donors (Lipinski definition) is 3. The highest BCUT2D eigenvalue weighted by molar-refractivity contribution is 7.71. The number of H-pyrrole nitrogens is 1. The van der Waals surface area contributed by atoms with Gasteiger partial charge in [0.2, 0.25) is 5.88 Å². The highest BCUT2D eigenvalue weighted by Gasteiger charge is 2.10. The van der Waals surface area contributed by atoms with Crippen LogP contribution in [0.3, 0.4) is 0 Å². The van der Waals surface area contributed by atoms with Crippen molar-refractivity contribution < 1.29 is 5.11 Å². The molecule has 0 bridgehead atoms. The van der Waals surface area contributed by atoms with Gasteiger partial charge in [-0.1, -0.05) is 27.2 Å². The molecule has 8 heteroatoms. The normalized spacial score (nSPS) is 11.5. The van der Waals surface area contributed by atoms with Crippen LogP contribution in [-0.4, -0.2) is 52.0 Å². The van der Waals surface area contributed by atoms with E-state index in [2.05, 4.69) is 41.2 Å². The van der Waals surface area contributed by atoms with Gasteiger partial charge >= 0.3 is 0 Å². The molecule has 0 aliphatic carbocycles. The van der Waals surface area contributed by atoms with E-state index in [0.29, 0.717) is 13.1 Å². The molecule has 0 radical (unpaired) electrons. The molecule has 0 amide bonds. The number of nitrogens with one attached hydrogen (secondary N) is 2. The minimum Gasteiger partial charge on any atom is -0.494 e. The monoisotopic (exact) mass is 341 g/mol. The van der Waals surface area contributed by atoms with Crippen LogP contribution in [0, 0.1) is 4.77 Å². The Bertz CT molecular complexity index is 619. The Morgan fingerprint density at radius 2 is 2.09 bits per heavy atom. The average Bonchev–Trinajstić information content (AvgIpc) is 2.53. The fourth-order valence-electron chi connectivity index (χ4n) is 2.14. The lowest BCUT2D eigenvalue weighted by Crippen LogP contribution is -2.30. The molecule has 1 aromatic heterocycles.